The first-order valence-corrected chi connectivity index (χ1v) is 23.8. The monoisotopic (exact) mass is 777 g/mol. The lowest BCUT2D eigenvalue weighted by Crippen LogP contribution is -2.51. The number of methoxy groups -OCH3 is 2. The molecular formula is C44H63NO7SSi. The van der Waals surface area contributed by atoms with Crippen LogP contribution in [0.15, 0.2) is 65.6 Å². The van der Waals surface area contributed by atoms with E-state index in [1.807, 2.05) is 53.4 Å². The van der Waals surface area contributed by atoms with Crippen LogP contribution in [0.3, 0.4) is 0 Å². The van der Waals surface area contributed by atoms with Gasteiger partial charge in [-0.2, -0.15) is 0 Å². The number of ketones is 1. The van der Waals surface area contributed by atoms with Gasteiger partial charge in [-0.1, -0.05) is 77.0 Å². The number of carbonyl (C=O) groups is 2. The van der Waals surface area contributed by atoms with Crippen molar-refractivity contribution in [3.8, 4) is 11.5 Å². The first-order valence-electron chi connectivity index (χ1n) is 20.1. The molecule has 10 heteroatoms. The SMILES string of the molecule is COc1ccc(COCCCO[C@]23C[C@@](Sc4ccccc4)(C(=O)[C@@H]4[C@H]5CCCC[C@@H]5C=C[C@@H]4C)C(=O)N2CC[C@H]3CO[Si](C)(C)C(C)(C)C)cc1OC. The Kier molecular flexibility index (Phi) is 12.8. The maximum atomic E-state index is 15.5. The summed E-state index contributed by atoms with van der Waals surface area (Å²) in [7, 11) is 1.15. The zero-order chi connectivity index (χ0) is 38.7. The number of ether oxygens (including phenoxy) is 4. The number of Topliss-reactive ketones (excluding diaryl/α,β-unsaturated/α-hetero) is 1. The smallest absolute Gasteiger partial charge is 0.249 e. The van der Waals surface area contributed by atoms with Crippen molar-refractivity contribution in [2.45, 2.75) is 113 Å². The van der Waals surface area contributed by atoms with Crippen molar-refractivity contribution in [1.29, 1.82) is 0 Å². The van der Waals surface area contributed by atoms with Gasteiger partial charge in [0.1, 0.15) is 0 Å². The molecular weight excluding hydrogens is 715 g/mol. The molecule has 0 unspecified atom stereocenters. The van der Waals surface area contributed by atoms with Gasteiger partial charge in [-0.25, -0.2) is 0 Å². The van der Waals surface area contributed by atoms with Crippen LogP contribution in [0, 0.1) is 29.6 Å². The fraction of sp³-hybridized carbons (Fsp3) is 0.636. The number of benzene rings is 2. The molecule has 2 saturated heterocycles. The van der Waals surface area contributed by atoms with Gasteiger partial charge in [0.25, 0.3) is 0 Å². The number of amides is 1. The van der Waals surface area contributed by atoms with Crippen LogP contribution >= 0.6 is 11.8 Å². The fourth-order valence-electron chi connectivity index (χ4n) is 9.06. The third-order valence-electron chi connectivity index (χ3n) is 13.1. The molecule has 2 aliphatic heterocycles. The van der Waals surface area contributed by atoms with Gasteiger partial charge in [0.05, 0.1) is 27.4 Å². The maximum Gasteiger partial charge on any atom is 0.249 e. The molecule has 0 N–H and O–H groups in total. The van der Waals surface area contributed by atoms with Crippen molar-refractivity contribution >= 4 is 31.8 Å². The van der Waals surface area contributed by atoms with Crippen LogP contribution in [-0.2, 0) is 30.1 Å². The minimum atomic E-state index is -2.11. The molecule has 2 aromatic rings. The van der Waals surface area contributed by atoms with Crippen molar-refractivity contribution in [2.24, 2.45) is 29.6 Å². The zero-order valence-corrected chi connectivity index (χ0v) is 35.7. The highest BCUT2D eigenvalue weighted by atomic mass is 32.2. The molecule has 2 aliphatic carbocycles. The molecule has 0 radical (unpaired) electrons. The molecule has 2 heterocycles. The lowest BCUT2D eigenvalue weighted by atomic mass is 9.62. The second kappa shape index (κ2) is 16.8. The lowest BCUT2D eigenvalue weighted by molar-refractivity contribution is -0.165. The van der Waals surface area contributed by atoms with E-state index >= 15 is 9.59 Å². The molecule has 296 valence electrons. The van der Waals surface area contributed by atoms with Gasteiger partial charge < -0.3 is 28.3 Å². The number of rotatable bonds is 16. The highest BCUT2D eigenvalue weighted by molar-refractivity contribution is 8.02. The van der Waals surface area contributed by atoms with E-state index in [4.69, 9.17) is 23.4 Å². The number of thioether (sulfide) groups is 1. The Hall–Kier alpha value is -2.63. The van der Waals surface area contributed by atoms with E-state index < -0.39 is 18.8 Å². The summed E-state index contributed by atoms with van der Waals surface area (Å²) in [5, 5.41) is 0.0418. The van der Waals surface area contributed by atoms with E-state index in [9.17, 15) is 0 Å². The van der Waals surface area contributed by atoms with E-state index in [0.29, 0.717) is 63.2 Å². The van der Waals surface area contributed by atoms with Crippen LogP contribution in [0.5, 0.6) is 11.5 Å². The Balaban J connectivity index is 1.28. The Morgan fingerprint density at radius 3 is 2.43 bits per heavy atom. The summed E-state index contributed by atoms with van der Waals surface area (Å²) in [6, 6.07) is 15.8. The van der Waals surface area contributed by atoms with E-state index in [0.717, 1.165) is 36.1 Å². The fourth-order valence-corrected chi connectivity index (χ4v) is 11.5. The van der Waals surface area contributed by atoms with E-state index in [-0.39, 0.29) is 40.4 Å². The summed E-state index contributed by atoms with van der Waals surface area (Å²) in [5.41, 5.74) is 0.0477. The van der Waals surface area contributed by atoms with Gasteiger partial charge in [-0.05, 0) is 91.4 Å². The number of nitrogens with zero attached hydrogens (tertiary/aromatic N) is 1. The molecule has 0 aromatic heterocycles. The zero-order valence-electron chi connectivity index (χ0n) is 33.9. The summed E-state index contributed by atoms with van der Waals surface area (Å²) in [4.78, 5) is 33.7. The molecule has 8 nitrogen and oxygen atoms in total. The second-order valence-corrected chi connectivity index (χ2v) is 23.6. The van der Waals surface area contributed by atoms with Crippen molar-refractivity contribution in [2.75, 3.05) is 40.6 Å². The second-order valence-electron chi connectivity index (χ2n) is 17.5. The molecule has 2 aromatic carbocycles. The molecule has 7 atom stereocenters. The minimum absolute atomic E-state index is 0.0418. The van der Waals surface area contributed by atoms with Gasteiger partial charge >= 0.3 is 0 Å². The Bertz CT molecular complexity index is 1640. The topological polar surface area (TPSA) is 83.5 Å². The van der Waals surface area contributed by atoms with Crippen LogP contribution in [0.25, 0.3) is 0 Å². The standard InChI is InChI=1S/C44H63NO7SSi/c1-31-19-21-33-15-12-13-18-36(33)39(31)40(46)43(53-35-16-10-9-11-17-35)30-44(34(23-24-45(44)41(43)47)29-52-54(7,8)42(2,3)4)51-26-14-25-50-28-32-20-22-37(48-5)38(27-32)49-6/h9-11,16-17,19-22,27,31,33-34,36,39H,12-15,18,23-26,28-30H2,1-8H3/t31-,33+,34-,36-,39-,43+,44-/m0/s1. The Morgan fingerprint density at radius 2 is 1.70 bits per heavy atom. The Labute approximate surface area is 329 Å². The number of fused-ring (bicyclic) bond motifs is 2. The summed E-state index contributed by atoms with van der Waals surface area (Å²) in [6.07, 6.45) is 10.8. The highest BCUT2D eigenvalue weighted by Gasteiger charge is 2.70. The molecule has 1 saturated carbocycles. The van der Waals surface area contributed by atoms with Gasteiger partial charge in [0.15, 0.2) is 36.1 Å². The third kappa shape index (κ3) is 8.11. The van der Waals surface area contributed by atoms with Crippen molar-refractivity contribution in [3.63, 3.8) is 0 Å². The molecule has 54 heavy (non-hydrogen) atoms. The first-order chi connectivity index (χ1) is 25.8. The predicted octanol–water partition coefficient (Wildman–Crippen LogP) is 9.33. The quantitative estimate of drug-likeness (QED) is 0.0722. The van der Waals surface area contributed by atoms with Crippen LogP contribution < -0.4 is 9.47 Å². The van der Waals surface area contributed by atoms with Crippen LogP contribution in [-0.4, -0.2) is 76.0 Å². The van der Waals surface area contributed by atoms with Crippen LogP contribution in [0.4, 0.5) is 0 Å². The Morgan fingerprint density at radius 1 is 0.963 bits per heavy atom. The molecule has 0 spiro atoms. The molecule has 4 aliphatic rings. The summed E-state index contributed by atoms with van der Waals surface area (Å²) in [5.74, 6) is 1.83. The van der Waals surface area contributed by atoms with Gasteiger partial charge in [0, 0.05) is 42.9 Å². The predicted molar refractivity (Wildman–Crippen MR) is 217 cm³/mol. The lowest BCUT2D eigenvalue weighted by Gasteiger charge is -2.44. The number of hydrogen-bond donors (Lipinski definition) is 0. The van der Waals surface area contributed by atoms with Crippen molar-refractivity contribution in [3.05, 3.63) is 66.2 Å². The normalized spacial score (nSPS) is 29.6. The largest absolute Gasteiger partial charge is 0.493 e. The number of carbonyl (C=O) groups excluding carboxylic acids is 2. The van der Waals surface area contributed by atoms with E-state index in [1.165, 1.54) is 18.2 Å². The van der Waals surface area contributed by atoms with Gasteiger partial charge in [-0.3, -0.25) is 9.59 Å². The van der Waals surface area contributed by atoms with Crippen LogP contribution in [0.1, 0.15) is 78.2 Å². The van der Waals surface area contributed by atoms with E-state index in [1.54, 1.807) is 14.2 Å². The third-order valence-corrected chi connectivity index (χ3v) is 19.0. The van der Waals surface area contributed by atoms with Crippen molar-refractivity contribution < 1.29 is 33.0 Å². The van der Waals surface area contributed by atoms with Crippen LogP contribution in [0.2, 0.25) is 18.1 Å². The van der Waals surface area contributed by atoms with Gasteiger partial charge in [0.2, 0.25) is 5.91 Å². The number of allylic oxidation sites excluding steroid dienone is 2. The summed E-state index contributed by atoms with van der Waals surface area (Å²) in [6.45, 7) is 15.9. The average Bonchev–Trinajstić information content (AvgIpc) is 3.62. The summed E-state index contributed by atoms with van der Waals surface area (Å²) >= 11 is 1.46. The molecule has 1 amide bonds. The minimum Gasteiger partial charge on any atom is -0.493 e. The highest BCUT2D eigenvalue weighted by Crippen LogP contribution is 2.58. The van der Waals surface area contributed by atoms with E-state index in [2.05, 4.69) is 52.9 Å². The summed E-state index contributed by atoms with van der Waals surface area (Å²) < 4.78 is 29.6. The van der Waals surface area contributed by atoms with Crippen molar-refractivity contribution in [1.82, 2.24) is 4.90 Å². The maximum absolute atomic E-state index is 15.5. The number of hydrogen-bond acceptors (Lipinski definition) is 8. The molecule has 6 rings (SSSR count). The molecule has 3 fully saturated rings. The van der Waals surface area contributed by atoms with Gasteiger partial charge in [-0.15, -0.1) is 11.8 Å². The molecule has 0 bridgehead atoms. The average molecular weight is 778 g/mol. The first kappa shape index (κ1) is 41.0.